The summed E-state index contributed by atoms with van der Waals surface area (Å²) in [6.07, 6.45) is 2.82. The van der Waals surface area contributed by atoms with Gasteiger partial charge in [-0.15, -0.1) is 0 Å². The molecule has 0 N–H and O–H groups in total. The molecular formula is C28H32N4O3. The van der Waals surface area contributed by atoms with Crippen LogP contribution in [0.5, 0.6) is 5.75 Å². The van der Waals surface area contributed by atoms with Gasteiger partial charge >= 0.3 is 0 Å². The molecule has 0 spiro atoms. The Labute approximate surface area is 206 Å². The molecule has 1 aromatic heterocycles. The molecule has 1 fully saturated rings. The molecular weight excluding hydrogens is 440 g/mol. The standard InChI is InChI=1S/C28H32N4O3/c1-2-3-17-35-23-11-9-22(10-12-23)28(33)32-14-13-25-24(20-32)27(31-15-18-34-19-16-31)30-26(29-25)21-7-5-4-6-8-21/h4-12H,2-3,13-20H2,1H3. The number of carbonyl (C=O) groups is 1. The molecule has 0 unspecified atom stereocenters. The van der Waals surface area contributed by atoms with Crippen LogP contribution >= 0.6 is 0 Å². The van der Waals surface area contributed by atoms with Crippen LogP contribution in [0.15, 0.2) is 54.6 Å². The van der Waals surface area contributed by atoms with Crippen molar-refractivity contribution in [2.45, 2.75) is 32.7 Å². The zero-order valence-electron chi connectivity index (χ0n) is 20.3. The average Bonchev–Trinajstić information content (AvgIpc) is 2.93. The normalized spacial score (nSPS) is 15.6. The fourth-order valence-electron chi connectivity index (χ4n) is 4.53. The third kappa shape index (κ3) is 5.30. The van der Waals surface area contributed by atoms with Gasteiger partial charge in [0.15, 0.2) is 5.82 Å². The van der Waals surface area contributed by atoms with Crippen LogP contribution in [0.4, 0.5) is 5.82 Å². The number of hydrogen-bond donors (Lipinski definition) is 0. The number of anilines is 1. The number of amides is 1. The maximum Gasteiger partial charge on any atom is 0.254 e. The molecule has 2 aromatic carbocycles. The van der Waals surface area contributed by atoms with Gasteiger partial charge in [-0.2, -0.15) is 0 Å². The number of ether oxygens (including phenoxy) is 2. The highest BCUT2D eigenvalue weighted by Gasteiger charge is 2.29. The number of benzene rings is 2. The molecule has 3 aromatic rings. The van der Waals surface area contributed by atoms with E-state index in [0.29, 0.717) is 44.9 Å². The van der Waals surface area contributed by atoms with Crippen molar-refractivity contribution in [3.05, 3.63) is 71.4 Å². The summed E-state index contributed by atoms with van der Waals surface area (Å²) in [7, 11) is 0. The predicted molar refractivity (Wildman–Crippen MR) is 136 cm³/mol. The molecule has 7 nitrogen and oxygen atoms in total. The lowest BCUT2D eigenvalue weighted by Gasteiger charge is -2.34. The summed E-state index contributed by atoms with van der Waals surface area (Å²) in [5, 5.41) is 0. The van der Waals surface area contributed by atoms with Crippen molar-refractivity contribution in [1.82, 2.24) is 14.9 Å². The smallest absolute Gasteiger partial charge is 0.254 e. The van der Waals surface area contributed by atoms with Crippen LogP contribution in [0, 0.1) is 0 Å². The highest BCUT2D eigenvalue weighted by molar-refractivity contribution is 5.94. The Morgan fingerprint density at radius 1 is 1.00 bits per heavy atom. The fraction of sp³-hybridized carbons (Fsp3) is 0.393. The molecule has 35 heavy (non-hydrogen) atoms. The van der Waals surface area contributed by atoms with Gasteiger partial charge in [0.25, 0.3) is 5.91 Å². The molecule has 1 saturated heterocycles. The molecule has 0 saturated carbocycles. The van der Waals surface area contributed by atoms with Crippen molar-refractivity contribution < 1.29 is 14.3 Å². The lowest BCUT2D eigenvalue weighted by atomic mass is 10.0. The quantitative estimate of drug-likeness (QED) is 0.476. The minimum atomic E-state index is 0.0239. The van der Waals surface area contributed by atoms with Crippen molar-refractivity contribution in [2.75, 3.05) is 44.4 Å². The second-order valence-corrected chi connectivity index (χ2v) is 8.96. The Kier molecular flexibility index (Phi) is 7.23. The van der Waals surface area contributed by atoms with Crippen molar-refractivity contribution in [3.63, 3.8) is 0 Å². The van der Waals surface area contributed by atoms with Crippen LogP contribution in [0.2, 0.25) is 0 Å². The van der Waals surface area contributed by atoms with E-state index in [-0.39, 0.29) is 5.91 Å². The first-order valence-electron chi connectivity index (χ1n) is 12.5. The van der Waals surface area contributed by atoms with E-state index in [1.807, 2.05) is 59.5 Å². The van der Waals surface area contributed by atoms with Gasteiger partial charge in [-0.05, 0) is 30.7 Å². The average molecular weight is 473 g/mol. The van der Waals surface area contributed by atoms with Gasteiger partial charge in [0.05, 0.1) is 32.1 Å². The van der Waals surface area contributed by atoms with Gasteiger partial charge in [0, 0.05) is 42.7 Å². The Hall–Kier alpha value is -3.45. The largest absolute Gasteiger partial charge is 0.494 e. The van der Waals surface area contributed by atoms with E-state index in [4.69, 9.17) is 19.4 Å². The Bertz CT molecular complexity index is 1140. The van der Waals surface area contributed by atoms with E-state index in [1.54, 1.807) is 0 Å². The number of carbonyl (C=O) groups excluding carboxylic acids is 1. The highest BCUT2D eigenvalue weighted by Crippen LogP contribution is 2.31. The number of morpholine rings is 1. The molecule has 0 aliphatic carbocycles. The van der Waals surface area contributed by atoms with Gasteiger partial charge in [-0.1, -0.05) is 43.7 Å². The number of rotatable bonds is 7. The van der Waals surface area contributed by atoms with Gasteiger partial charge in [0.2, 0.25) is 0 Å². The third-order valence-electron chi connectivity index (χ3n) is 6.54. The van der Waals surface area contributed by atoms with Gasteiger partial charge in [0.1, 0.15) is 11.6 Å². The van der Waals surface area contributed by atoms with E-state index >= 15 is 0 Å². The maximum atomic E-state index is 13.4. The Balaban J connectivity index is 1.39. The number of unbranched alkanes of at least 4 members (excludes halogenated alkanes) is 1. The zero-order chi connectivity index (χ0) is 24.0. The van der Waals surface area contributed by atoms with Crippen molar-refractivity contribution in [3.8, 4) is 17.1 Å². The molecule has 0 radical (unpaired) electrons. The Morgan fingerprint density at radius 3 is 2.51 bits per heavy atom. The number of aromatic nitrogens is 2. The Morgan fingerprint density at radius 2 is 1.77 bits per heavy atom. The van der Waals surface area contributed by atoms with E-state index in [9.17, 15) is 4.79 Å². The van der Waals surface area contributed by atoms with E-state index in [2.05, 4.69) is 11.8 Å². The van der Waals surface area contributed by atoms with Crippen LogP contribution in [0.3, 0.4) is 0 Å². The van der Waals surface area contributed by atoms with Gasteiger partial charge in [-0.25, -0.2) is 9.97 Å². The van der Waals surface area contributed by atoms with Crippen LogP contribution in [0.25, 0.3) is 11.4 Å². The first-order valence-corrected chi connectivity index (χ1v) is 12.5. The molecule has 0 atom stereocenters. The summed E-state index contributed by atoms with van der Waals surface area (Å²) in [5.74, 6) is 2.49. The summed E-state index contributed by atoms with van der Waals surface area (Å²) in [6, 6.07) is 17.6. The van der Waals surface area contributed by atoms with Crippen LogP contribution < -0.4 is 9.64 Å². The van der Waals surface area contributed by atoms with Gasteiger partial charge < -0.3 is 19.3 Å². The number of nitrogens with zero attached hydrogens (tertiary/aromatic N) is 4. The first kappa shape index (κ1) is 23.3. The summed E-state index contributed by atoms with van der Waals surface area (Å²) in [6.45, 7) is 6.89. The monoisotopic (exact) mass is 472 g/mol. The molecule has 2 aliphatic rings. The van der Waals surface area contributed by atoms with E-state index in [1.165, 1.54) is 0 Å². The summed E-state index contributed by atoms with van der Waals surface area (Å²) in [4.78, 5) is 27.5. The van der Waals surface area contributed by atoms with Crippen molar-refractivity contribution in [2.24, 2.45) is 0 Å². The topological polar surface area (TPSA) is 67.8 Å². The zero-order valence-corrected chi connectivity index (χ0v) is 20.3. The van der Waals surface area contributed by atoms with Crippen molar-refractivity contribution in [1.29, 1.82) is 0 Å². The molecule has 1 amide bonds. The third-order valence-corrected chi connectivity index (χ3v) is 6.54. The fourth-order valence-corrected chi connectivity index (χ4v) is 4.53. The lowest BCUT2D eigenvalue weighted by Crippen LogP contribution is -2.41. The van der Waals surface area contributed by atoms with Crippen LogP contribution in [0.1, 0.15) is 41.4 Å². The van der Waals surface area contributed by atoms with Gasteiger partial charge in [-0.3, -0.25) is 4.79 Å². The molecule has 0 bridgehead atoms. The number of fused-ring (bicyclic) bond motifs is 1. The second-order valence-electron chi connectivity index (χ2n) is 8.96. The molecule has 7 heteroatoms. The molecule has 5 rings (SSSR count). The highest BCUT2D eigenvalue weighted by atomic mass is 16.5. The minimum absolute atomic E-state index is 0.0239. The van der Waals surface area contributed by atoms with E-state index < -0.39 is 0 Å². The van der Waals surface area contributed by atoms with Crippen molar-refractivity contribution >= 4 is 11.7 Å². The molecule has 2 aliphatic heterocycles. The summed E-state index contributed by atoms with van der Waals surface area (Å²) >= 11 is 0. The molecule has 182 valence electrons. The summed E-state index contributed by atoms with van der Waals surface area (Å²) < 4.78 is 11.3. The SMILES string of the molecule is CCCCOc1ccc(C(=O)N2CCc3nc(-c4ccccc4)nc(N4CCOCC4)c3C2)cc1. The maximum absolute atomic E-state index is 13.4. The predicted octanol–water partition coefficient (Wildman–Crippen LogP) is 4.36. The van der Waals surface area contributed by atoms with Crippen LogP contribution in [-0.4, -0.2) is 60.2 Å². The minimum Gasteiger partial charge on any atom is -0.494 e. The summed E-state index contributed by atoms with van der Waals surface area (Å²) in [5.41, 5.74) is 3.75. The van der Waals surface area contributed by atoms with Crippen LogP contribution in [-0.2, 0) is 17.7 Å². The first-order chi connectivity index (χ1) is 17.2. The van der Waals surface area contributed by atoms with E-state index in [0.717, 1.165) is 60.1 Å². The number of hydrogen-bond acceptors (Lipinski definition) is 6. The second kappa shape index (κ2) is 10.9. The molecule has 3 heterocycles. The lowest BCUT2D eigenvalue weighted by molar-refractivity contribution is 0.0733.